The van der Waals surface area contributed by atoms with Crippen molar-refractivity contribution >= 4 is 21.6 Å². The standard InChI is InChI=1S/C11H11BrN2O4/c1-6(5-13)18-11-9(7(2)15)3-8(12)4-10(11)14(16)17/h3-4,6-7,15H,1-2H3/t6?,7-/m1/s1. The minimum atomic E-state index is -0.943. The van der Waals surface area contributed by atoms with Gasteiger partial charge in [-0.25, -0.2) is 0 Å². The summed E-state index contributed by atoms with van der Waals surface area (Å²) in [6.07, 6.45) is -1.79. The van der Waals surface area contributed by atoms with E-state index in [1.54, 1.807) is 0 Å². The highest BCUT2D eigenvalue weighted by molar-refractivity contribution is 9.10. The van der Waals surface area contributed by atoms with Crippen LogP contribution in [0.5, 0.6) is 5.75 Å². The summed E-state index contributed by atoms with van der Waals surface area (Å²) in [6.45, 7) is 2.94. The SMILES string of the molecule is CC(C#N)Oc1c([C@@H](C)O)cc(Br)cc1[N+](=O)[O-]. The summed E-state index contributed by atoms with van der Waals surface area (Å²) >= 11 is 3.13. The maximum absolute atomic E-state index is 11.0. The molecule has 0 radical (unpaired) electrons. The van der Waals surface area contributed by atoms with Gasteiger partial charge < -0.3 is 9.84 Å². The second-order valence-corrected chi connectivity index (χ2v) is 4.58. The predicted molar refractivity (Wildman–Crippen MR) is 67.1 cm³/mol. The molecule has 0 amide bonds. The molecule has 0 bridgehead atoms. The molecular weight excluding hydrogens is 304 g/mol. The third kappa shape index (κ3) is 3.18. The summed E-state index contributed by atoms with van der Waals surface area (Å²) in [5.41, 5.74) is -0.0273. The smallest absolute Gasteiger partial charge is 0.312 e. The van der Waals surface area contributed by atoms with Gasteiger partial charge in [0.25, 0.3) is 0 Å². The lowest BCUT2D eigenvalue weighted by Gasteiger charge is -2.15. The number of nitro groups is 1. The van der Waals surface area contributed by atoms with E-state index in [1.165, 1.54) is 26.0 Å². The Morgan fingerprint density at radius 1 is 1.56 bits per heavy atom. The molecule has 0 saturated heterocycles. The van der Waals surface area contributed by atoms with Gasteiger partial charge in [-0.3, -0.25) is 10.1 Å². The molecule has 0 heterocycles. The predicted octanol–water partition coefficient (Wildman–Crippen LogP) is 2.70. The van der Waals surface area contributed by atoms with Gasteiger partial charge in [0.05, 0.1) is 11.0 Å². The summed E-state index contributed by atoms with van der Waals surface area (Å²) in [4.78, 5) is 10.3. The van der Waals surface area contributed by atoms with Gasteiger partial charge in [0, 0.05) is 16.1 Å². The molecule has 6 nitrogen and oxygen atoms in total. The number of ether oxygens (including phenoxy) is 1. The zero-order valence-electron chi connectivity index (χ0n) is 9.75. The Bertz CT molecular complexity index is 511. The number of hydrogen-bond acceptors (Lipinski definition) is 5. The van der Waals surface area contributed by atoms with Gasteiger partial charge in [0.2, 0.25) is 5.75 Å². The highest BCUT2D eigenvalue weighted by atomic mass is 79.9. The maximum Gasteiger partial charge on any atom is 0.312 e. The van der Waals surface area contributed by atoms with Gasteiger partial charge in [-0.05, 0) is 19.9 Å². The Balaban J connectivity index is 3.42. The van der Waals surface area contributed by atoms with Crippen LogP contribution in [0.15, 0.2) is 16.6 Å². The number of hydrogen-bond donors (Lipinski definition) is 1. The Labute approximate surface area is 112 Å². The quantitative estimate of drug-likeness (QED) is 0.680. The van der Waals surface area contributed by atoms with Crippen LogP contribution in [0.1, 0.15) is 25.5 Å². The Hall–Kier alpha value is -1.65. The lowest BCUT2D eigenvalue weighted by molar-refractivity contribution is -0.386. The molecule has 0 aliphatic rings. The molecule has 18 heavy (non-hydrogen) atoms. The van der Waals surface area contributed by atoms with Crippen molar-refractivity contribution in [3.63, 3.8) is 0 Å². The molecule has 0 spiro atoms. The summed E-state index contributed by atoms with van der Waals surface area (Å²) in [7, 11) is 0. The first-order valence-electron chi connectivity index (χ1n) is 5.09. The monoisotopic (exact) mass is 314 g/mol. The van der Waals surface area contributed by atoms with E-state index in [9.17, 15) is 15.2 Å². The average molecular weight is 315 g/mol. The van der Waals surface area contributed by atoms with Crippen LogP contribution in [-0.2, 0) is 0 Å². The average Bonchev–Trinajstić information content (AvgIpc) is 2.29. The molecule has 2 atom stereocenters. The highest BCUT2D eigenvalue weighted by Crippen LogP contribution is 2.38. The van der Waals surface area contributed by atoms with E-state index in [1.807, 2.05) is 6.07 Å². The lowest BCUT2D eigenvalue weighted by Crippen LogP contribution is -2.12. The number of nitriles is 1. The fraction of sp³-hybridized carbons (Fsp3) is 0.364. The van der Waals surface area contributed by atoms with Crippen LogP contribution < -0.4 is 4.74 Å². The molecule has 1 rings (SSSR count). The number of rotatable bonds is 4. The van der Waals surface area contributed by atoms with Crippen molar-refractivity contribution in [1.82, 2.24) is 0 Å². The first-order chi connectivity index (χ1) is 8.36. The molecule has 0 aliphatic heterocycles. The largest absolute Gasteiger partial charge is 0.468 e. The van der Waals surface area contributed by atoms with E-state index in [2.05, 4.69) is 15.9 Å². The van der Waals surface area contributed by atoms with Crippen LogP contribution in [-0.4, -0.2) is 16.1 Å². The first kappa shape index (κ1) is 14.4. The highest BCUT2D eigenvalue weighted by Gasteiger charge is 2.24. The zero-order valence-corrected chi connectivity index (χ0v) is 11.3. The van der Waals surface area contributed by atoms with Crippen LogP contribution in [0, 0.1) is 21.4 Å². The fourth-order valence-corrected chi connectivity index (χ4v) is 1.84. The molecule has 1 unspecified atom stereocenters. The van der Waals surface area contributed by atoms with Crippen molar-refractivity contribution < 1.29 is 14.8 Å². The normalized spacial score (nSPS) is 13.5. The molecule has 0 fully saturated rings. The minimum absolute atomic E-state index is 0.0766. The van der Waals surface area contributed by atoms with Crippen molar-refractivity contribution in [2.75, 3.05) is 0 Å². The van der Waals surface area contributed by atoms with Gasteiger partial charge in [-0.15, -0.1) is 0 Å². The Morgan fingerprint density at radius 3 is 2.61 bits per heavy atom. The second kappa shape index (κ2) is 5.80. The van der Waals surface area contributed by atoms with Crippen molar-refractivity contribution in [3.8, 4) is 11.8 Å². The fourth-order valence-electron chi connectivity index (χ4n) is 1.38. The number of aliphatic hydroxyl groups excluding tert-OH is 1. The van der Waals surface area contributed by atoms with Crippen molar-refractivity contribution in [2.24, 2.45) is 0 Å². The van der Waals surface area contributed by atoms with E-state index >= 15 is 0 Å². The summed E-state index contributed by atoms with van der Waals surface area (Å²) in [5.74, 6) is -0.0766. The van der Waals surface area contributed by atoms with E-state index in [0.717, 1.165) is 0 Å². The Kier molecular flexibility index (Phi) is 4.64. The van der Waals surface area contributed by atoms with E-state index in [-0.39, 0.29) is 17.0 Å². The van der Waals surface area contributed by atoms with Crippen LogP contribution in [0.25, 0.3) is 0 Å². The minimum Gasteiger partial charge on any atom is -0.468 e. The van der Waals surface area contributed by atoms with E-state index < -0.39 is 17.1 Å². The van der Waals surface area contributed by atoms with Gasteiger partial charge in [0.15, 0.2) is 6.10 Å². The summed E-state index contributed by atoms with van der Waals surface area (Å²) < 4.78 is 5.68. The molecule has 0 aliphatic carbocycles. The zero-order chi connectivity index (χ0) is 13.9. The third-order valence-electron chi connectivity index (χ3n) is 2.19. The van der Waals surface area contributed by atoms with Crippen molar-refractivity contribution in [1.29, 1.82) is 5.26 Å². The number of nitro benzene ring substituents is 1. The van der Waals surface area contributed by atoms with Crippen molar-refractivity contribution in [3.05, 3.63) is 32.3 Å². The summed E-state index contributed by atoms with van der Waals surface area (Å²) in [5, 5.41) is 29.3. The second-order valence-electron chi connectivity index (χ2n) is 3.67. The number of halogens is 1. The maximum atomic E-state index is 11.0. The van der Waals surface area contributed by atoms with Gasteiger partial charge in [-0.2, -0.15) is 5.26 Å². The topological polar surface area (TPSA) is 96.4 Å². The molecule has 1 N–H and O–H groups in total. The molecule has 1 aromatic rings. The number of benzene rings is 1. The van der Waals surface area contributed by atoms with E-state index in [0.29, 0.717) is 4.47 Å². The Morgan fingerprint density at radius 2 is 2.17 bits per heavy atom. The van der Waals surface area contributed by atoms with Gasteiger partial charge in [0.1, 0.15) is 6.07 Å². The van der Waals surface area contributed by atoms with Crippen LogP contribution in [0.3, 0.4) is 0 Å². The van der Waals surface area contributed by atoms with Gasteiger partial charge in [-0.1, -0.05) is 15.9 Å². The van der Waals surface area contributed by atoms with Crippen LogP contribution >= 0.6 is 15.9 Å². The molecule has 0 saturated carbocycles. The van der Waals surface area contributed by atoms with Crippen LogP contribution in [0.4, 0.5) is 5.69 Å². The first-order valence-corrected chi connectivity index (χ1v) is 5.88. The molecule has 1 aromatic carbocycles. The third-order valence-corrected chi connectivity index (χ3v) is 2.64. The number of nitrogens with zero attached hydrogens (tertiary/aromatic N) is 2. The molecule has 7 heteroatoms. The molecule has 0 aromatic heterocycles. The summed E-state index contributed by atoms with van der Waals surface area (Å²) in [6, 6.07) is 4.62. The molecular formula is C11H11BrN2O4. The van der Waals surface area contributed by atoms with Crippen molar-refractivity contribution in [2.45, 2.75) is 26.1 Å². The lowest BCUT2D eigenvalue weighted by atomic mass is 10.1. The molecule has 96 valence electrons. The van der Waals surface area contributed by atoms with E-state index in [4.69, 9.17) is 10.00 Å². The number of aliphatic hydroxyl groups is 1. The van der Waals surface area contributed by atoms with Crippen LogP contribution in [0.2, 0.25) is 0 Å². The van der Waals surface area contributed by atoms with Gasteiger partial charge >= 0.3 is 5.69 Å².